The lowest BCUT2D eigenvalue weighted by molar-refractivity contribution is 0.0186. The molecule has 0 radical (unpaired) electrons. The Morgan fingerprint density at radius 1 is 1.17 bits per heavy atom. The van der Waals surface area contributed by atoms with Gasteiger partial charge in [0.15, 0.2) is 5.96 Å². The van der Waals surface area contributed by atoms with Crippen LogP contribution < -0.4 is 5.73 Å². The molecule has 0 aromatic carbocycles. The number of hydrogen-bond donors (Lipinski definition) is 1. The van der Waals surface area contributed by atoms with Gasteiger partial charge in [-0.3, -0.25) is 4.99 Å². The van der Waals surface area contributed by atoms with Crippen molar-refractivity contribution in [3.05, 3.63) is 0 Å². The highest BCUT2D eigenvalue weighted by molar-refractivity contribution is 5.78. The zero-order valence-electron chi connectivity index (χ0n) is 15.6. The third-order valence-electron chi connectivity index (χ3n) is 4.58. The molecule has 2 heterocycles. The molecule has 7 nitrogen and oxygen atoms in total. The lowest BCUT2D eigenvalue weighted by Gasteiger charge is -2.36. The predicted octanol–water partition coefficient (Wildman–Crippen LogP) is 1.20. The number of nitrogens with two attached hydrogens (primary N) is 1. The third kappa shape index (κ3) is 5.54. The monoisotopic (exact) mass is 339 g/mol. The van der Waals surface area contributed by atoms with Crippen molar-refractivity contribution < 1.29 is 9.53 Å². The van der Waals surface area contributed by atoms with Crippen molar-refractivity contribution in [2.75, 3.05) is 52.4 Å². The van der Waals surface area contributed by atoms with Gasteiger partial charge in [0, 0.05) is 39.3 Å². The first-order chi connectivity index (χ1) is 11.3. The van der Waals surface area contributed by atoms with Crippen LogP contribution in [0, 0.1) is 5.92 Å². The summed E-state index contributed by atoms with van der Waals surface area (Å²) in [7, 11) is 0. The van der Waals surface area contributed by atoms with Gasteiger partial charge in [-0.1, -0.05) is 6.92 Å². The van der Waals surface area contributed by atoms with E-state index in [0.29, 0.717) is 38.1 Å². The number of hydrogen-bond acceptors (Lipinski definition) is 4. The Hall–Kier alpha value is -1.50. The second-order valence-electron chi connectivity index (χ2n) is 7.70. The normalized spacial score (nSPS) is 23.7. The molecular formula is C17H33N5O2. The lowest BCUT2D eigenvalue weighted by Crippen LogP contribution is -2.53. The highest BCUT2D eigenvalue weighted by Gasteiger charge is 2.27. The van der Waals surface area contributed by atoms with Crippen molar-refractivity contribution in [1.29, 1.82) is 0 Å². The second kappa shape index (κ2) is 8.05. The zero-order valence-corrected chi connectivity index (χ0v) is 15.6. The molecule has 2 saturated heterocycles. The molecule has 0 aromatic rings. The maximum absolute atomic E-state index is 12.1. The first-order valence-corrected chi connectivity index (χ1v) is 9.03. The van der Waals surface area contributed by atoms with Gasteiger partial charge in [0.2, 0.25) is 0 Å². The third-order valence-corrected chi connectivity index (χ3v) is 4.58. The van der Waals surface area contributed by atoms with E-state index < -0.39 is 5.60 Å². The molecular weight excluding hydrogens is 306 g/mol. The Kier molecular flexibility index (Phi) is 6.32. The van der Waals surface area contributed by atoms with Crippen molar-refractivity contribution in [2.45, 2.75) is 39.7 Å². The van der Waals surface area contributed by atoms with Crippen molar-refractivity contribution >= 4 is 12.1 Å². The number of carbonyl (C=O) groups is 1. The molecule has 138 valence electrons. The van der Waals surface area contributed by atoms with Crippen molar-refractivity contribution in [3.8, 4) is 0 Å². The van der Waals surface area contributed by atoms with Crippen LogP contribution >= 0.6 is 0 Å². The Bertz CT molecular complexity index is 452. The van der Waals surface area contributed by atoms with E-state index in [2.05, 4.69) is 21.7 Å². The zero-order chi connectivity index (χ0) is 17.7. The van der Waals surface area contributed by atoms with E-state index >= 15 is 0 Å². The van der Waals surface area contributed by atoms with Crippen LogP contribution in [0.5, 0.6) is 0 Å². The Labute approximate surface area is 145 Å². The van der Waals surface area contributed by atoms with Gasteiger partial charge in [-0.2, -0.15) is 0 Å². The molecule has 2 aliphatic heterocycles. The quantitative estimate of drug-likeness (QED) is 0.618. The van der Waals surface area contributed by atoms with E-state index in [4.69, 9.17) is 10.5 Å². The average molecular weight is 339 g/mol. The standard InChI is InChI=1S/C17H33N5O2/c1-5-20-7-6-14(13-20)12-19-15(18)21-8-10-22(11-9-21)16(23)24-17(2,3)4/h14H,5-13H2,1-4H3,(H2,18,19)/t14-/m1/s1. The van der Waals surface area contributed by atoms with Gasteiger partial charge >= 0.3 is 6.09 Å². The number of guanidine groups is 1. The van der Waals surface area contributed by atoms with Crippen molar-refractivity contribution in [3.63, 3.8) is 0 Å². The number of carbonyl (C=O) groups excluding carboxylic acids is 1. The molecule has 0 aliphatic carbocycles. The molecule has 24 heavy (non-hydrogen) atoms. The van der Waals surface area contributed by atoms with E-state index in [0.717, 1.165) is 19.6 Å². The number of rotatable bonds is 3. The average Bonchev–Trinajstić information content (AvgIpc) is 2.99. The van der Waals surface area contributed by atoms with Crippen LogP contribution in [0.1, 0.15) is 34.1 Å². The molecule has 7 heteroatoms. The van der Waals surface area contributed by atoms with Gasteiger partial charge in [-0.05, 0) is 46.2 Å². The number of likely N-dealkylation sites (tertiary alicyclic amines) is 1. The topological polar surface area (TPSA) is 74.4 Å². The fraction of sp³-hybridized carbons (Fsp3) is 0.882. The smallest absolute Gasteiger partial charge is 0.410 e. The highest BCUT2D eigenvalue weighted by Crippen LogP contribution is 2.16. The molecule has 0 saturated carbocycles. The molecule has 1 amide bonds. The van der Waals surface area contributed by atoms with Gasteiger partial charge in [0.25, 0.3) is 0 Å². The van der Waals surface area contributed by atoms with Crippen LogP contribution in [0.15, 0.2) is 4.99 Å². The van der Waals surface area contributed by atoms with Gasteiger partial charge in [-0.15, -0.1) is 0 Å². The molecule has 2 rings (SSSR count). The number of amides is 1. The van der Waals surface area contributed by atoms with E-state index in [1.807, 2.05) is 20.8 Å². The van der Waals surface area contributed by atoms with Crippen molar-refractivity contribution in [2.24, 2.45) is 16.6 Å². The van der Waals surface area contributed by atoms with Gasteiger partial charge in [0.05, 0.1) is 0 Å². The largest absolute Gasteiger partial charge is 0.444 e. The Morgan fingerprint density at radius 2 is 1.79 bits per heavy atom. The fourth-order valence-corrected chi connectivity index (χ4v) is 3.12. The molecule has 0 spiro atoms. The first kappa shape index (κ1) is 18.8. The number of nitrogens with zero attached hydrogens (tertiary/aromatic N) is 4. The maximum atomic E-state index is 12.1. The lowest BCUT2D eigenvalue weighted by atomic mass is 10.1. The minimum atomic E-state index is -0.456. The second-order valence-corrected chi connectivity index (χ2v) is 7.70. The maximum Gasteiger partial charge on any atom is 0.410 e. The van der Waals surface area contributed by atoms with E-state index in [-0.39, 0.29) is 6.09 Å². The van der Waals surface area contributed by atoms with E-state index in [9.17, 15) is 4.79 Å². The van der Waals surface area contributed by atoms with Crippen LogP contribution in [0.25, 0.3) is 0 Å². The number of ether oxygens (including phenoxy) is 1. The van der Waals surface area contributed by atoms with Crippen LogP contribution in [0.4, 0.5) is 4.79 Å². The molecule has 0 unspecified atom stereocenters. The summed E-state index contributed by atoms with van der Waals surface area (Å²) < 4.78 is 5.41. The first-order valence-electron chi connectivity index (χ1n) is 9.03. The number of aliphatic imine (C=N–C) groups is 1. The van der Waals surface area contributed by atoms with Crippen LogP contribution in [-0.4, -0.2) is 84.7 Å². The molecule has 1 atom stereocenters. The van der Waals surface area contributed by atoms with Gasteiger partial charge in [-0.25, -0.2) is 4.79 Å². The van der Waals surface area contributed by atoms with E-state index in [1.165, 1.54) is 13.0 Å². The summed E-state index contributed by atoms with van der Waals surface area (Å²) in [4.78, 5) is 22.9. The van der Waals surface area contributed by atoms with E-state index in [1.54, 1.807) is 4.90 Å². The predicted molar refractivity (Wildman–Crippen MR) is 96.1 cm³/mol. The minimum absolute atomic E-state index is 0.247. The van der Waals surface area contributed by atoms with Crippen LogP contribution in [-0.2, 0) is 4.74 Å². The number of piperazine rings is 1. The summed E-state index contributed by atoms with van der Waals surface area (Å²) in [6.45, 7) is 14.7. The van der Waals surface area contributed by atoms with Gasteiger partial charge in [0.1, 0.15) is 5.60 Å². The van der Waals surface area contributed by atoms with Crippen LogP contribution in [0.2, 0.25) is 0 Å². The molecule has 2 fully saturated rings. The summed E-state index contributed by atoms with van der Waals surface area (Å²) in [5.41, 5.74) is 5.69. The minimum Gasteiger partial charge on any atom is -0.444 e. The SMILES string of the molecule is CCN1CC[C@H](CN=C(N)N2CCN(C(=O)OC(C)(C)C)CC2)C1. The van der Waals surface area contributed by atoms with Crippen molar-refractivity contribution in [1.82, 2.24) is 14.7 Å². The summed E-state index contributed by atoms with van der Waals surface area (Å²) in [6.07, 6.45) is 0.958. The molecule has 0 aromatic heterocycles. The Morgan fingerprint density at radius 3 is 2.33 bits per heavy atom. The summed E-state index contributed by atoms with van der Waals surface area (Å²) >= 11 is 0. The molecule has 0 bridgehead atoms. The van der Waals surface area contributed by atoms with Crippen LogP contribution in [0.3, 0.4) is 0 Å². The molecule has 2 aliphatic rings. The van der Waals surface area contributed by atoms with Gasteiger partial charge < -0.3 is 25.2 Å². The summed E-state index contributed by atoms with van der Waals surface area (Å²) in [5.74, 6) is 1.22. The molecule has 2 N–H and O–H groups in total. The Balaban J connectivity index is 1.75. The fourth-order valence-electron chi connectivity index (χ4n) is 3.12. The highest BCUT2D eigenvalue weighted by atomic mass is 16.6. The summed E-state index contributed by atoms with van der Waals surface area (Å²) in [5, 5.41) is 0. The summed E-state index contributed by atoms with van der Waals surface area (Å²) in [6, 6.07) is 0.